The van der Waals surface area contributed by atoms with Crippen LogP contribution in [-0.2, 0) is 9.22 Å². The van der Waals surface area contributed by atoms with Crippen molar-refractivity contribution in [3.63, 3.8) is 0 Å². The number of hydrogen-bond acceptors (Lipinski definition) is 2. The number of rotatable bonds is 7. The molecule has 1 aliphatic rings. The lowest BCUT2D eigenvalue weighted by atomic mass is 10.1. The first kappa shape index (κ1) is 23.0. The van der Waals surface area contributed by atoms with Gasteiger partial charge >= 0.3 is 0 Å². The van der Waals surface area contributed by atoms with Gasteiger partial charge in [0.25, 0.3) is 14.2 Å². The number of para-hydroxylation sites is 1. The standard InChI is InChI=1S/C23H36ClNO2Si/c1-16(2)28(17(3)4,18(5)6)27-22-15-9-7-8-12-19(22)23(26)25-21-14-11-10-13-20(21)24/h10-11,13-14,16-18H,7-9,12,15H2,1-6H3,(H,25,26). The van der Waals surface area contributed by atoms with Crippen LogP contribution in [0.1, 0.15) is 73.6 Å². The largest absolute Gasteiger partial charge is 0.545 e. The van der Waals surface area contributed by atoms with E-state index in [9.17, 15) is 4.79 Å². The Bertz CT molecular complexity index is 691. The number of nitrogens with one attached hydrogen (secondary N) is 1. The van der Waals surface area contributed by atoms with Crippen molar-refractivity contribution in [2.24, 2.45) is 0 Å². The summed E-state index contributed by atoms with van der Waals surface area (Å²) in [6, 6.07) is 7.39. The highest BCUT2D eigenvalue weighted by atomic mass is 35.5. The third-order valence-electron chi connectivity index (χ3n) is 6.07. The molecule has 0 bridgehead atoms. The molecule has 0 radical (unpaired) electrons. The van der Waals surface area contributed by atoms with E-state index in [1.54, 1.807) is 6.07 Å². The molecule has 0 saturated heterocycles. The van der Waals surface area contributed by atoms with E-state index in [-0.39, 0.29) is 5.91 Å². The van der Waals surface area contributed by atoms with Crippen molar-refractivity contribution in [2.45, 2.75) is 90.3 Å². The minimum absolute atomic E-state index is 0.0656. The number of anilines is 1. The third-order valence-corrected chi connectivity index (χ3v) is 12.4. The van der Waals surface area contributed by atoms with E-state index in [1.165, 1.54) is 0 Å². The van der Waals surface area contributed by atoms with Crippen molar-refractivity contribution in [1.29, 1.82) is 0 Å². The Hall–Kier alpha value is -1.26. The van der Waals surface area contributed by atoms with Crippen molar-refractivity contribution >= 4 is 31.5 Å². The van der Waals surface area contributed by atoms with Crippen molar-refractivity contribution in [2.75, 3.05) is 5.32 Å². The Morgan fingerprint density at radius 1 is 0.964 bits per heavy atom. The Morgan fingerprint density at radius 3 is 2.11 bits per heavy atom. The van der Waals surface area contributed by atoms with Crippen LogP contribution in [-0.4, -0.2) is 14.2 Å². The summed E-state index contributed by atoms with van der Waals surface area (Å²) < 4.78 is 6.97. The van der Waals surface area contributed by atoms with Crippen LogP contribution in [0.5, 0.6) is 0 Å². The molecular formula is C23H36ClNO2Si. The van der Waals surface area contributed by atoms with Gasteiger partial charge in [0, 0.05) is 6.42 Å². The van der Waals surface area contributed by atoms with E-state index in [2.05, 4.69) is 46.9 Å². The SMILES string of the molecule is CC(C)[Si](OC1=C(C(=O)Nc2ccccc2Cl)CCCCC1)(C(C)C)C(C)C. The maximum Gasteiger partial charge on any atom is 0.258 e. The van der Waals surface area contributed by atoms with Crippen LogP contribution in [0.15, 0.2) is 35.6 Å². The van der Waals surface area contributed by atoms with Crippen molar-refractivity contribution in [1.82, 2.24) is 0 Å². The van der Waals surface area contributed by atoms with Gasteiger partial charge in [-0.2, -0.15) is 0 Å². The highest BCUT2D eigenvalue weighted by Crippen LogP contribution is 2.45. The first-order chi connectivity index (χ1) is 13.2. The third kappa shape index (κ3) is 5.01. The molecule has 0 atom stereocenters. The number of carbonyl (C=O) groups excluding carboxylic acids is 1. The van der Waals surface area contributed by atoms with Crippen LogP contribution >= 0.6 is 11.6 Å². The average molecular weight is 422 g/mol. The van der Waals surface area contributed by atoms with E-state index in [0.29, 0.717) is 27.3 Å². The summed E-state index contributed by atoms with van der Waals surface area (Å²) in [6.07, 6.45) is 4.86. The molecular weight excluding hydrogens is 386 g/mol. The fourth-order valence-corrected chi connectivity index (χ4v) is 10.3. The molecule has 28 heavy (non-hydrogen) atoms. The van der Waals surface area contributed by atoms with E-state index in [0.717, 1.165) is 43.4 Å². The van der Waals surface area contributed by atoms with Gasteiger partial charge in [0.1, 0.15) is 0 Å². The predicted molar refractivity (Wildman–Crippen MR) is 122 cm³/mol. The Morgan fingerprint density at radius 2 is 1.54 bits per heavy atom. The van der Waals surface area contributed by atoms with Gasteiger partial charge in [0.15, 0.2) is 0 Å². The zero-order valence-electron chi connectivity index (χ0n) is 18.3. The molecule has 0 aromatic heterocycles. The molecule has 2 rings (SSSR count). The van der Waals surface area contributed by atoms with Gasteiger partial charge in [-0.1, -0.05) is 71.7 Å². The van der Waals surface area contributed by atoms with E-state index in [4.69, 9.17) is 16.0 Å². The molecule has 1 aromatic carbocycles. The zero-order chi connectivity index (χ0) is 20.9. The van der Waals surface area contributed by atoms with Crippen LogP contribution in [0, 0.1) is 0 Å². The molecule has 0 aliphatic heterocycles. The number of amides is 1. The molecule has 0 fully saturated rings. The Kier molecular flexibility index (Phi) is 8.20. The molecule has 0 spiro atoms. The molecule has 156 valence electrons. The van der Waals surface area contributed by atoms with Crippen molar-refractivity contribution < 1.29 is 9.22 Å². The fourth-order valence-electron chi connectivity index (χ4n) is 4.73. The fraction of sp³-hybridized carbons (Fsp3) is 0.609. The van der Waals surface area contributed by atoms with Crippen LogP contribution < -0.4 is 5.32 Å². The maximum absolute atomic E-state index is 13.2. The second kappa shape index (κ2) is 9.97. The summed E-state index contributed by atoms with van der Waals surface area (Å²) in [7, 11) is -2.09. The summed E-state index contributed by atoms with van der Waals surface area (Å²) >= 11 is 6.25. The van der Waals surface area contributed by atoms with Gasteiger partial charge in [-0.25, -0.2) is 0 Å². The number of benzene rings is 1. The number of hydrogen-bond donors (Lipinski definition) is 1. The van der Waals surface area contributed by atoms with Gasteiger partial charge in [-0.3, -0.25) is 4.79 Å². The first-order valence-corrected chi connectivity index (χ1v) is 13.2. The normalized spacial score (nSPS) is 15.9. The number of halogens is 1. The van der Waals surface area contributed by atoms with Crippen LogP contribution in [0.3, 0.4) is 0 Å². The Labute approximate surface area is 177 Å². The first-order valence-electron chi connectivity index (χ1n) is 10.7. The van der Waals surface area contributed by atoms with Crippen LogP contribution in [0.25, 0.3) is 0 Å². The summed E-state index contributed by atoms with van der Waals surface area (Å²) in [5.41, 5.74) is 2.92. The van der Waals surface area contributed by atoms with Gasteiger partial charge in [0.2, 0.25) is 0 Å². The molecule has 1 N–H and O–H groups in total. The monoisotopic (exact) mass is 421 g/mol. The molecule has 1 amide bonds. The zero-order valence-corrected chi connectivity index (χ0v) is 20.0. The number of carbonyl (C=O) groups is 1. The molecule has 0 heterocycles. The quantitative estimate of drug-likeness (QED) is 0.458. The lowest BCUT2D eigenvalue weighted by Gasteiger charge is -2.43. The molecule has 0 unspecified atom stereocenters. The summed E-state index contributed by atoms with van der Waals surface area (Å²) in [6.45, 7) is 13.7. The highest BCUT2D eigenvalue weighted by Gasteiger charge is 2.47. The molecule has 0 saturated carbocycles. The average Bonchev–Trinajstić information content (AvgIpc) is 2.86. The second-order valence-electron chi connectivity index (χ2n) is 8.82. The summed E-state index contributed by atoms with van der Waals surface area (Å²) in [4.78, 5) is 13.2. The summed E-state index contributed by atoms with van der Waals surface area (Å²) in [5, 5.41) is 3.58. The molecule has 1 aromatic rings. The van der Waals surface area contributed by atoms with Crippen molar-refractivity contribution in [3.8, 4) is 0 Å². The van der Waals surface area contributed by atoms with Gasteiger partial charge in [-0.15, -0.1) is 0 Å². The van der Waals surface area contributed by atoms with Gasteiger partial charge in [0.05, 0.1) is 22.0 Å². The van der Waals surface area contributed by atoms with E-state index in [1.807, 2.05) is 18.2 Å². The van der Waals surface area contributed by atoms with Crippen LogP contribution in [0.2, 0.25) is 21.6 Å². The lowest BCUT2D eigenvalue weighted by Crippen LogP contribution is -2.47. The molecule has 3 nitrogen and oxygen atoms in total. The molecule has 5 heteroatoms. The minimum atomic E-state index is -2.09. The minimum Gasteiger partial charge on any atom is -0.545 e. The van der Waals surface area contributed by atoms with Gasteiger partial charge in [-0.05, 0) is 48.0 Å². The van der Waals surface area contributed by atoms with Gasteiger partial charge < -0.3 is 9.74 Å². The lowest BCUT2D eigenvalue weighted by molar-refractivity contribution is -0.113. The highest BCUT2D eigenvalue weighted by molar-refractivity contribution is 6.77. The predicted octanol–water partition coefficient (Wildman–Crippen LogP) is 7.69. The second-order valence-corrected chi connectivity index (χ2v) is 14.6. The van der Waals surface area contributed by atoms with E-state index >= 15 is 0 Å². The van der Waals surface area contributed by atoms with Crippen LogP contribution in [0.4, 0.5) is 5.69 Å². The number of allylic oxidation sites excluding steroid dienone is 1. The topological polar surface area (TPSA) is 38.3 Å². The summed E-state index contributed by atoms with van der Waals surface area (Å²) in [5.74, 6) is 0.869. The maximum atomic E-state index is 13.2. The van der Waals surface area contributed by atoms with E-state index < -0.39 is 8.32 Å². The molecule has 1 aliphatic carbocycles. The van der Waals surface area contributed by atoms with Crippen molar-refractivity contribution in [3.05, 3.63) is 40.6 Å². The smallest absolute Gasteiger partial charge is 0.258 e. The Balaban J connectivity index is 2.41.